The fourth-order valence-electron chi connectivity index (χ4n) is 3.75. The van der Waals surface area contributed by atoms with Gasteiger partial charge in [-0.2, -0.15) is 23.5 Å². The van der Waals surface area contributed by atoms with Crippen molar-refractivity contribution in [2.24, 2.45) is 5.73 Å². The van der Waals surface area contributed by atoms with Crippen molar-refractivity contribution in [3.05, 3.63) is 71.4 Å². The van der Waals surface area contributed by atoms with Crippen LogP contribution in [0, 0.1) is 11.3 Å². The first-order chi connectivity index (χ1) is 15.3. The SMILES string of the molecule is N#Cc1ccc(-c2cc(C(=O)N3CCC[C@@H](N)C3)nn2-c2ccc(C(F)(F)F)cc2)cc1. The predicted octanol–water partition coefficient (Wildman–Crippen LogP) is 3.99. The zero-order valence-electron chi connectivity index (χ0n) is 17.0. The maximum absolute atomic E-state index is 13.1. The van der Waals surface area contributed by atoms with Crippen molar-refractivity contribution in [2.45, 2.75) is 25.1 Å². The number of carbonyl (C=O) groups is 1. The highest BCUT2D eigenvalue weighted by atomic mass is 19.4. The number of nitriles is 1. The third-order valence-corrected chi connectivity index (χ3v) is 5.42. The molecule has 2 heterocycles. The van der Waals surface area contributed by atoms with E-state index in [-0.39, 0.29) is 17.6 Å². The van der Waals surface area contributed by atoms with E-state index in [0.29, 0.717) is 35.6 Å². The molecule has 1 saturated heterocycles. The molecule has 6 nitrogen and oxygen atoms in total. The third-order valence-electron chi connectivity index (χ3n) is 5.42. The number of hydrogen-bond acceptors (Lipinski definition) is 4. The Morgan fingerprint density at radius 2 is 1.81 bits per heavy atom. The van der Waals surface area contributed by atoms with Crippen LogP contribution < -0.4 is 5.73 Å². The molecule has 1 aliphatic heterocycles. The lowest BCUT2D eigenvalue weighted by Gasteiger charge is -2.30. The summed E-state index contributed by atoms with van der Waals surface area (Å²) >= 11 is 0. The van der Waals surface area contributed by atoms with Crippen molar-refractivity contribution < 1.29 is 18.0 Å². The van der Waals surface area contributed by atoms with Gasteiger partial charge in [0, 0.05) is 24.7 Å². The molecular weight excluding hydrogens is 419 g/mol. The monoisotopic (exact) mass is 439 g/mol. The van der Waals surface area contributed by atoms with Crippen LogP contribution in [0.3, 0.4) is 0 Å². The van der Waals surface area contributed by atoms with Crippen molar-refractivity contribution in [2.75, 3.05) is 13.1 Å². The first-order valence-corrected chi connectivity index (χ1v) is 10.1. The van der Waals surface area contributed by atoms with Gasteiger partial charge in [0.2, 0.25) is 0 Å². The topological polar surface area (TPSA) is 87.9 Å². The van der Waals surface area contributed by atoms with E-state index < -0.39 is 11.7 Å². The van der Waals surface area contributed by atoms with Crippen LogP contribution in [0.1, 0.15) is 34.5 Å². The van der Waals surface area contributed by atoms with Crippen LogP contribution in [0.5, 0.6) is 0 Å². The van der Waals surface area contributed by atoms with Crippen LogP contribution in [0.15, 0.2) is 54.6 Å². The largest absolute Gasteiger partial charge is 0.416 e. The summed E-state index contributed by atoms with van der Waals surface area (Å²) in [7, 11) is 0. The van der Waals surface area contributed by atoms with Crippen molar-refractivity contribution >= 4 is 5.91 Å². The van der Waals surface area contributed by atoms with Gasteiger partial charge in [-0.05, 0) is 55.3 Å². The Kier molecular flexibility index (Phi) is 5.72. The summed E-state index contributed by atoms with van der Waals surface area (Å²) in [6.07, 6.45) is -2.80. The van der Waals surface area contributed by atoms with Crippen LogP contribution >= 0.6 is 0 Å². The summed E-state index contributed by atoms with van der Waals surface area (Å²) in [5.41, 5.74) is 7.45. The first kappa shape index (κ1) is 21.6. The molecule has 1 atom stereocenters. The van der Waals surface area contributed by atoms with Gasteiger partial charge in [0.15, 0.2) is 5.69 Å². The number of hydrogen-bond donors (Lipinski definition) is 1. The van der Waals surface area contributed by atoms with Gasteiger partial charge in [-0.15, -0.1) is 0 Å². The Bertz CT molecular complexity index is 1160. The number of alkyl halides is 3. The molecule has 4 rings (SSSR count). The lowest BCUT2D eigenvalue weighted by molar-refractivity contribution is -0.137. The molecule has 1 aliphatic rings. The fourth-order valence-corrected chi connectivity index (χ4v) is 3.75. The molecule has 164 valence electrons. The quantitative estimate of drug-likeness (QED) is 0.668. The van der Waals surface area contributed by atoms with E-state index >= 15 is 0 Å². The van der Waals surface area contributed by atoms with E-state index in [1.165, 1.54) is 16.8 Å². The van der Waals surface area contributed by atoms with Crippen molar-refractivity contribution in [3.63, 3.8) is 0 Å². The average Bonchev–Trinajstić information content (AvgIpc) is 3.23. The maximum Gasteiger partial charge on any atom is 0.416 e. The molecule has 0 unspecified atom stereocenters. The second kappa shape index (κ2) is 8.48. The number of likely N-dealkylation sites (tertiary alicyclic amines) is 1. The number of benzene rings is 2. The molecule has 2 N–H and O–H groups in total. The highest BCUT2D eigenvalue weighted by Crippen LogP contribution is 2.31. The minimum atomic E-state index is -4.45. The van der Waals surface area contributed by atoms with E-state index in [1.54, 1.807) is 35.2 Å². The summed E-state index contributed by atoms with van der Waals surface area (Å²) in [6, 6.07) is 14.8. The number of nitrogens with zero attached hydrogens (tertiary/aromatic N) is 4. The standard InChI is InChI=1S/C23H20F3N5O/c24-23(25,26)17-7-9-19(10-8-17)31-21(16-5-3-15(13-27)4-6-16)12-20(29-31)22(32)30-11-1-2-18(28)14-30/h3-10,12,18H,1-2,11,14,28H2/t18-/m1/s1. The van der Waals surface area contributed by atoms with Crippen LogP contribution in [-0.4, -0.2) is 39.7 Å². The van der Waals surface area contributed by atoms with Crippen LogP contribution in [-0.2, 0) is 6.18 Å². The Balaban J connectivity index is 1.76. The molecule has 3 aromatic rings. The maximum atomic E-state index is 13.1. The smallest absolute Gasteiger partial charge is 0.336 e. The minimum Gasteiger partial charge on any atom is -0.336 e. The zero-order chi connectivity index (χ0) is 22.9. The van der Waals surface area contributed by atoms with Gasteiger partial charge >= 0.3 is 6.18 Å². The highest BCUT2D eigenvalue weighted by molar-refractivity contribution is 5.93. The number of nitrogens with two attached hydrogens (primary N) is 1. The van der Waals surface area contributed by atoms with Gasteiger partial charge in [0.05, 0.1) is 28.6 Å². The Labute approximate surface area is 182 Å². The molecule has 9 heteroatoms. The van der Waals surface area contributed by atoms with Crippen molar-refractivity contribution in [3.8, 4) is 23.0 Å². The van der Waals surface area contributed by atoms with E-state index in [2.05, 4.69) is 5.10 Å². The second-order valence-electron chi connectivity index (χ2n) is 7.71. The molecule has 0 radical (unpaired) electrons. The van der Waals surface area contributed by atoms with Gasteiger partial charge in [0.1, 0.15) is 0 Å². The molecule has 1 amide bonds. The second-order valence-corrected chi connectivity index (χ2v) is 7.71. The van der Waals surface area contributed by atoms with Gasteiger partial charge < -0.3 is 10.6 Å². The van der Waals surface area contributed by atoms with Gasteiger partial charge in [-0.1, -0.05) is 12.1 Å². The number of carbonyl (C=O) groups excluding carboxylic acids is 1. The minimum absolute atomic E-state index is 0.0947. The molecule has 0 aliphatic carbocycles. The first-order valence-electron chi connectivity index (χ1n) is 10.1. The summed E-state index contributed by atoms with van der Waals surface area (Å²) in [4.78, 5) is 14.7. The molecule has 2 aromatic carbocycles. The van der Waals surface area contributed by atoms with Gasteiger partial charge in [-0.3, -0.25) is 4.79 Å². The predicted molar refractivity (Wildman–Crippen MR) is 112 cm³/mol. The third kappa shape index (κ3) is 4.36. The molecule has 0 saturated carbocycles. The zero-order valence-corrected chi connectivity index (χ0v) is 17.0. The fraction of sp³-hybridized carbons (Fsp3) is 0.261. The Morgan fingerprint density at radius 3 is 2.41 bits per heavy atom. The normalized spacial score (nSPS) is 16.6. The summed E-state index contributed by atoms with van der Waals surface area (Å²) in [5.74, 6) is -0.277. The van der Waals surface area contributed by atoms with Crippen LogP contribution in [0.4, 0.5) is 13.2 Å². The van der Waals surface area contributed by atoms with E-state index in [9.17, 15) is 18.0 Å². The van der Waals surface area contributed by atoms with Crippen molar-refractivity contribution in [1.29, 1.82) is 5.26 Å². The number of aromatic nitrogens is 2. The lowest BCUT2D eigenvalue weighted by atomic mass is 10.1. The lowest BCUT2D eigenvalue weighted by Crippen LogP contribution is -2.45. The number of halogens is 3. The molecule has 1 fully saturated rings. The highest BCUT2D eigenvalue weighted by Gasteiger charge is 2.30. The number of amides is 1. The number of piperidine rings is 1. The molecule has 1 aromatic heterocycles. The van der Waals surface area contributed by atoms with Crippen LogP contribution in [0.2, 0.25) is 0 Å². The van der Waals surface area contributed by atoms with E-state index in [4.69, 9.17) is 11.0 Å². The molecule has 0 bridgehead atoms. The Morgan fingerprint density at radius 1 is 1.12 bits per heavy atom. The molecule has 32 heavy (non-hydrogen) atoms. The van der Waals surface area contributed by atoms with Crippen molar-refractivity contribution in [1.82, 2.24) is 14.7 Å². The summed E-state index contributed by atoms with van der Waals surface area (Å²) < 4.78 is 40.4. The average molecular weight is 439 g/mol. The molecule has 0 spiro atoms. The van der Waals surface area contributed by atoms with Gasteiger partial charge in [-0.25, -0.2) is 4.68 Å². The van der Waals surface area contributed by atoms with E-state index in [0.717, 1.165) is 25.0 Å². The van der Waals surface area contributed by atoms with E-state index in [1.807, 2.05) is 6.07 Å². The van der Waals surface area contributed by atoms with Crippen LogP contribution in [0.25, 0.3) is 16.9 Å². The summed E-state index contributed by atoms with van der Waals surface area (Å²) in [6.45, 7) is 1.00. The Hall–Kier alpha value is -3.64. The summed E-state index contributed by atoms with van der Waals surface area (Å²) in [5, 5.41) is 13.5. The van der Waals surface area contributed by atoms with Gasteiger partial charge in [0.25, 0.3) is 5.91 Å². The molecular formula is C23H20F3N5O. The number of rotatable bonds is 3.